The van der Waals surface area contributed by atoms with Gasteiger partial charge in [0.25, 0.3) is 5.88 Å². The Bertz CT molecular complexity index is 948. The normalized spacial score (nSPS) is 25.4. The highest BCUT2D eigenvalue weighted by molar-refractivity contribution is 5.88. The van der Waals surface area contributed by atoms with Gasteiger partial charge < -0.3 is 28.7 Å². The van der Waals surface area contributed by atoms with Crippen LogP contribution in [0, 0.1) is 17.8 Å². The van der Waals surface area contributed by atoms with Crippen molar-refractivity contribution in [3.63, 3.8) is 0 Å². The minimum Gasteiger partial charge on any atom is -0.489 e. The molecule has 2 aliphatic heterocycles. The SMILES string of the molecule is O=C(O)C1CCCC(CN2CCC(COc3noc4cccc(OC5CCOCC5)c34)CC2)C1. The van der Waals surface area contributed by atoms with E-state index in [9.17, 15) is 9.90 Å². The second kappa shape index (κ2) is 11.0. The van der Waals surface area contributed by atoms with E-state index in [0.29, 0.717) is 29.9 Å². The maximum Gasteiger partial charge on any atom is 0.306 e. The van der Waals surface area contributed by atoms with Gasteiger partial charge in [0.05, 0.1) is 25.7 Å². The molecule has 3 aliphatic rings. The van der Waals surface area contributed by atoms with Crippen LogP contribution < -0.4 is 9.47 Å². The van der Waals surface area contributed by atoms with Crippen LogP contribution in [0.25, 0.3) is 11.0 Å². The minimum absolute atomic E-state index is 0.140. The van der Waals surface area contributed by atoms with Crippen LogP contribution in [0.15, 0.2) is 22.7 Å². The number of nitrogens with zero attached hydrogens (tertiary/aromatic N) is 2. The Morgan fingerprint density at radius 3 is 2.71 bits per heavy atom. The molecule has 3 heterocycles. The third kappa shape index (κ3) is 5.66. The predicted molar refractivity (Wildman–Crippen MR) is 126 cm³/mol. The highest BCUT2D eigenvalue weighted by atomic mass is 16.5. The number of rotatable bonds is 8. The monoisotopic (exact) mass is 472 g/mol. The van der Waals surface area contributed by atoms with Crippen LogP contribution in [0.3, 0.4) is 0 Å². The van der Waals surface area contributed by atoms with Crippen molar-refractivity contribution in [3.05, 3.63) is 18.2 Å². The summed E-state index contributed by atoms with van der Waals surface area (Å²) in [6.07, 6.45) is 7.93. The van der Waals surface area contributed by atoms with Gasteiger partial charge in [-0.25, -0.2) is 0 Å². The van der Waals surface area contributed by atoms with Gasteiger partial charge >= 0.3 is 5.97 Å². The summed E-state index contributed by atoms with van der Waals surface area (Å²) >= 11 is 0. The zero-order valence-electron chi connectivity index (χ0n) is 19.8. The molecule has 0 amide bonds. The van der Waals surface area contributed by atoms with Crippen molar-refractivity contribution in [2.75, 3.05) is 39.5 Å². The second-order valence-electron chi connectivity index (χ2n) is 10.2. The number of piperidine rings is 1. The Kier molecular flexibility index (Phi) is 7.54. The van der Waals surface area contributed by atoms with Gasteiger partial charge in [0, 0.05) is 19.4 Å². The maximum atomic E-state index is 11.4. The summed E-state index contributed by atoms with van der Waals surface area (Å²) in [6, 6.07) is 5.78. The smallest absolute Gasteiger partial charge is 0.306 e. The molecular formula is C26H36N2O6. The van der Waals surface area contributed by atoms with E-state index >= 15 is 0 Å². The van der Waals surface area contributed by atoms with Crippen LogP contribution in [-0.2, 0) is 9.53 Å². The standard InChI is InChI=1S/C26H36N2O6/c29-26(30)20-4-1-3-19(15-20)16-28-11-7-18(8-12-28)17-32-25-24-22(5-2-6-23(24)34-27-25)33-21-9-13-31-14-10-21/h2,5-6,18-21H,1,3-4,7-17H2,(H,29,30). The van der Waals surface area contributed by atoms with Crippen molar-refractivity contribution in [3.8, 4) is 11.6 Å². The van der Waals surface area contributed by atoms with Gasteiger partial charge in [-0.3, -0.25) is 4.79 Å². The van der Waals surface area contributed by atoms with Crippen LogP contribution in [0.5, 0.6) is 11.6 Å². The number of benzene rings is 1. The first-order chi connectivity index (χ1) is 16.7. The average molecular weight is 473 g/mol. The number of carboxylic acids is 1. The van der Waals surface area contributed by atoms with Gasteiger partial charge in [-0.05, 0) is 74.3 Å². The number of aromatic nitrogens is 1. The third-order valence-electron chi connectivity index (χ3n) is 7.70. The topological polar surface area (TPSA) is 94.3 Å². The summed E-state index contributed by atoms with van der Waals surface area (Å²) in [6.45, 7) is 5.18. The molecule has 5 rings (SSSR count). The molecule has 2 saturated heterocycles. The molecular weight excluding hydrogens is 436 g/mol. The number of carboxylic acid groups (broad SMARTS) is 1. The first-order valence-corrected chi connectivity index (χ1v) is 12.9. The van der Waals surface area contributed by atoms with Crippen molar-refractivity contribution in [2.24, 2.45) is 17.8 Å². The molecule has 0 radical (unpaired) electrons. The fourth-order valence-corrected chi connectivity index (χ4v) is 5.68. The zero-order valence-corrected chi connectivity index (χ0v) is 19.8. The minimum atomic E-state index is -0.623. The van der Waals surface area contributed by atoms with E-state index in [-0.39, 0.29) is 12.0 Å². The predicted octanol–water partition coefficient (Wildman–Crippen LogP) is 4.37. The fraction of sp³-hybridized carbons (Fsp3) is 0.692. The summed E-state index contributed by atoms with van der Waals surface area (Å²) in [5.74, 6) is 1.50. The third-order valence-corrected chi connectivity index (χ3v) is 7.70. The number of likely N-dealkylation sites (tertiary alicyclic amines) is 1. The molecule has 34 heavy (non-hydrogen) atoms. The number of fused-ring (bicyclic) bond motifs is 1. The number of hydrogen-bond acceptors (Lipinski definition) is 7. The van der Waals surface area contributed by atoms with Gasteiger partial charge in [0.15, 0.2) is 5.58 Å². The largest absolute Gasteiger partial charge is 0.489 e. The molecule has 2 atom stereocenters. The van der Waals surface area contributed by atoms with Crippen molar-refractivity contribution in [1.82, 2.24) is 10.1 Å². The van der Waals surface area contributed by atoms with Crippen LogP contribution in [0.2, 0.25) is 0 Å². The van der Waals surface area contributed by atoms with E-state index < -0.39 is 5.97 Å². The second-order valence-corrected chi connectivity index (χ2v) is 10.2. The highest BCUT2D eigenvalue weighted by Crippen LogP contribution is 2.36. The summed E-state index contributed by atoms with van der Waals surface area (Å²) < 4.78 is 23.4. The lowest BCUT2D eigenvalue weighted by atomic mass is 9.81. The zero-order chi connectivity index (χ0) is 23.3. The molecule has 2 unspecified atom stereocenters. The summed E-state index contributed by atoms with van der Waals surface area (Å²) in [5, 5.41) is 14.4. The molecule has 8 nitrogen and oxygen atoms in total. The molecule has 0 bridgehead atoms. The van der Waals surface area contributed by atoms with E-state index in [1.54, 1.807) is 0 Å². The quantitative estimate of drug-likeness (QED) is 0.605. The molecule has 1 aromatic heterocycles. The highest BCUT2D eigenvalue weighted by Gasteiger charge is 2.29. The van der Waals surface area contributed by atoms with E-state index in [4.69, 9.17) is 18.7 Å². The van der Waals surface area contributed by atoms with Gasteiger partial charge in [0.2, 0.25) is 0 Å². The number of hydrogen-bond donors (Lipinski definition) is 1. The fourth-order valence-electron chi connectivity index (χ4n) is 5.68. The first kappa shape index (κ1) is 23.4. The molecule has 1 N–H and O–H groups in total. The first-order valence-electron chi connectivity index (χ1n) is 12.9. The summed E-state index contributed by atoms with van der Waals surface area (Å²) in [7, 11) is 0. The van der Waals surface area contributed by atoms with Crippen LogP contribution in [0.1, 0.15) is 51.4 Å². The Balaban J connectivity index is 1.12. The van der Waals surface area contributed by atoms with Gasteiger partial charge in [-0.15, -0.1) is 0 Å². The molecule has 2 aromatic rings. The summed E-state index contributed by atoms with van der Waals surface area (Å²) in [5.41, 5.74) is 0.682. The molecule has 186 valence electrons. The molecule has 8 heteroatoms. The van der Waals surface area contributed by atoms with Crippen molar-refractivity contribution in [1.29, 1.82) is 0 Å². The lowest BCUT2D eigenvalue weighted by Crippen LogP contribution is -2.39. The molecule has 0 spiro atoms. The number of carbonyl (C=O) groups is 1. The van der Waals surface area contributed by atoms with Gasteiger partial charge in [-0.1, -0.05) is 12.5 Å². The maximum absolute atomic E-state index is 11.4. The van der Waals surface area contributed by atoms with Crippen molar-refractivity contribution < 1.29 is 28.6 Å². The lowest BCUT2D eigenvalue weighted by Gasteiger charge is -2.36. The lowest BCUT2D eigenvalue weighted by molar-refractivity contribution is -0.143. The van der Waals surface area contributed by atoms with Crippen molar-refractivity contribution >= 4 is 16.9 Å². The molecule has 1 aliphatic carbocycles. The van der Waals surface area contributed by atoms with Crippen molar-refractivity contribution in [2.45, 2.75) is 57.5 Å². The Hall–Kier alpha value is -2.32. The van der Waals surface area contributed by atoms with E-state index in [0.717, 1.165) is 95.4 Å². The van der Waals surface area contributed by atoms with E-state index in [1.165, 1.54) is 0 Å². The Morgan fingerprint density at radius 1 is 1.09 bits per heavy atom. The van der Waals surface area contributed by atoms with Gasteiger partial charge in [-0.2, -0.15) is 0 Å². The molecule has 1 aromatic carbocycles. The van der Waals surface area contributed by atoms with Gasteiger partial charge in [0.1, 0.15) is 17.2 Å². The van der Waals surface area contributed by atoms with Crippen LogP contribution in [-0.4, -0.2) is 66.7 Å². The van der Waals surface area contributed by atoms with E-state index in [1.807, 2.05) is 18.2 Å². The van der Waals surface area contributed by atoms with E-state index in [2.05, 4.69) is 10.1 Å². The molecule has 3 fully saturated rings. The number of ether oxygens (including phenoxy) is 3. The number of aliphatic carboxylic acids is 1. The average Bonchev–Trinajstić information content (AvgIpc) is 3.29. The Morgan fingerprint density at radius 2 is 1.91 bits per heavy atom. The van der Waals surface area contributed by atoms with Crippen LogP contribution in [0.4, 0.5) is 0 Å². The molecule has 1 saturated carbocycles. The Labute approximate surface area is 200 Å². The van der Waals surface area contributed by atoms with Crippen LogP contribution >= 0.6 is 0 Å². The summed E-state index contributed by atoms with van der Waals surface area (Å²) in [4.78, 5) is 13.9.